The van der Waals surface area contributed by atoms with E-state index in [1.54, 1.807) is 18.2 Å². The molecule has 0 aromatic heterocycles. The molecule has 1 aliphatic heterocycles. The average molecular weight is 398 g/mol. The Labute approximate surface area is 163 Å². The number of rotatable bonds is 4. The summed E-state index contributed by atoms with van der Waals surface area (Å²) in [6.45, 7) is 1.84. The first-order chi connectivity index (χ1) is 13.3. The molecule has 1 atom stereocenters. The van der Waals surface area contributed by atoms with Crippen molar-refractivity contribution in [1.82, 2.24) is 0 Å². The van der Waals surface area contributed by atoms with Crippen molar-refractivity contribution < 1.29 is 22.1 Å². The number of hydrogen-bond donors (Lipinski definition) is 1. The second-order valence-corrected chi connectivity index (χ2v) is 8.39. The maximum Gasteiger partial charge on any atom is 0.294 e. The van der Waals surface area contributed by atoms with Crippen molar-refractivity contribution in [2.24, 2.45) is 0 Å². The Kier molecular flexibility index (Phi) is 4.69. The maximum atomic E-state index is 14.4. The van der Waals surface area contributed by atoms with E-state index < -0.39 is 16.2 Å². The van der Waals surface area contributed by atoms with Gasteiger partial charge in [-0.1, -0.05) is 48.0 Å². The Morgan fingerprint density at radius 2 is 1.86 bits per heavy atom. The summed E-state index contributed by atoms with van der Waals surface area (Å²) in [6.07, 6.45) is 0.163. The average Bonchev–Trinajstić information content (AvgIpc) is 3.06. The smallest absolute Gasteiger partial charge is 0.294 e. The lowest BCUT2D eigenvalue weighted by atomic mass is 9.98. The third-order valence-electron chi connectivity index (χ3n) is 4.95. The van der Waals surface area contributed by atoms with Gasteiger partial charge >= 0.3 is 0 Å². The van der Waals surface area contributed by atoms with Gasteiger partial charge < -0.3 is 4.74 Å². The summed E-state index contributed by atoms with van der Waals surface area (Å²) >= 11 is 0. The van der Waals surface area contributed by atoms with Crippen LogP contribution in [0.3, 0.4) is 0 Å². The molecule has 4 nitrogen and oxygen atoms in total. The van der Waals surface area contributed by atoms with Crippen molar-refractivity contribution in [3.63, 3.8) is 0 Å². The molecule has 0 aliphatic carbocycles. The minimum absolute atomic E-state index is 0.138. The number of fused-ring (bicyclic) bond motifs is 1. The predicted octanol–water partition coefficient (Wildman–Crippen LogP) is 4.59. The number of benzene rings is 3. The first kappa shape index (κ1) is 18.7. The molecule has 3 aromatic rings. The van der Waals surface area contributed by atoms with Gasteiger partial charge in [0, 0.05) is 24.0 Å². The third kappa shape index (κ3) is 3.53. The second kappa shape index (κ2) is 7.04. The molecule has 0 saturated carbocycles. The highest BCUT2D eigenvalue weighted by Crippen LogP contribution is 2.41. The van der Waals surface area contributed by atoms with Crippen LogP contribution in [0.4, 0.5) is 4.39 Å². The van der Waals surface area contributed by atoms with Gasteiger partial charge in [-0.2, -0.15) is 8.42 Å². The van der Waals surface area contributed by atoms with E-state index in [4.69, 9.17) is 4.74 Å². The van der Waals surface area contributed by atoms with Gasteiger partial charge in [-0.25, -0.2) is 4.39 Å². The summed E-state index contributed by atoms with van der Waals surface area (Å²) in [5.74, 6) is 0.161. The van der Waals surface area contributed by atoms with Crippen LogP contribution in [0.1, 0.15) is 16.7 Å². The van der Waals surface area contributed by atoms with E-state index >= 15 is 0 Å². The zero-order valence-corrected chi connectivity index (χ0v) is 16.0. The van der Waals surface area contributed by atoms with Gasteiger partial charge in [0.1, 0.15) is 17.7 Å². The van der Waals surface area contributed by atoms with Crippen molar-refractivity contribution in [1.29, 1.82) is 0 Å². The molecule has 1 aliphatic rings. The summed E-state index contributed by atoms with van der Waals surface area (Å²) in [4.78, 5) is -0.138. The first-order valence-corrected chi connectivity index (χ1v) is 10.4. The number of aryl methyl sites for hydroxylation is 1. The van der Waals surface area contributed by atoms with Gasteiger partial charge in [-0.05, 0) is 36.2 Å². The van der Waals surface area contributed by atoms with Crippen molar-refractivity contribution in [2.75, 3.05) is 0 Å². The van der Waals surface area contributed by atoms with Crippen LogP contribution in [0.15, 0.2) is 65.6 Å². The van der Waals surface area contributed by atoms with E-state index in [2.05, 4.69) is 0 Å². The third-order valence-corrected chi connectivity index (χ3v) is 5.90. The van der Waals surface area contributed by atoms with Crippen LogP contribution in [-0.4, -0.2) is 19.1 Å². The van der Waals surface area contributed by atoms with Crippen LogP contribution < -0.4 is 4.74 Å². The number of halogens is 1. The van der Waals surface area contributed by atoms with Gasteiger partial charge in [0.2, 0.25) is 0 Å². The molecular formula is C22H19FO4S. The fourth-order valence-corrected chi connectivity index (χ4v) is 4.40. The standard InChI is InChI=1S/C22H19FO4S/c1-14-7-10-21(28(24,25)26)16(11-14)12-17-13-19-20(23)9-8-18(22(19)27-17)15-5-3-2-4-6-15/h2-11,17H,12-13H2,1H3,(H,24,25,26). The van der Waals surface area contributed by atoms with Crippen molar-refractivity contribution >= 4 is 10.1 Å². The summed E-state index contributed by atoms with van der Waals surface area (Å²) in [7, 11) is -4.35. The van der Waals surface area contributed by atoms with Gasteiger partial charge in [0.25, 0.3) is 10.1 Å². The lowest BCUT2D eigenvalue weighted by Gasteiger charge is -2.15. The van der Waals surface area contributed by atoms with Crippen molar-refractivity contribution in [3.8, 4) is 16.9 Å². The Bertz CT molecular complexity index is 1140. The fraction of sp³-hybridized carbons (Fsp3) is 0.182. The van der Waals surface area contributed by atoms with Crippen LogP contribution in [0, 0.1) is 12.7 Å². The zero-order valence-electron chi connectivity index (χ0n) is 15.2. The molecule has 0 bridgehead atoms. The predicted molar refractivity (Wildman–Crippen MR) is 105 cm³/mol. The number of hydrogen-bond acceptors (Lipinski definition) is 3. The molecule has 28 heavy (non-hydrogen) atoms. The van der Waals surface area contributed by atoms with Gasteiger partial charge in [-0.15, -0.1) is 0 Å². The molecule has 4 rings (SSSR count). The Morgan fingerprint density at radius 1 is 1.11 bits per heavy atom. The largest absolute Gasteiger partial charge is 0.489 e. The molecule has 144 valence electrons. The molecular weight excluding hydrogens is 379 g/mol. The van der Waals surface area contributed by atoms with E-state index in [9.17, 15) is 17.4 Å². The minimum Gasteiger partial charge on any atom is -0.489 e. The van der Waals surface area contributed by atoms with E-state index in [0.717, 1.165) is 16.7 Å². The van der Waals surface area contributed by atoms with Gasteiger partial charge in [0.15, 0.2) is 0 Å². The molecule has 6 heteroatoms. The molecule has 1 N–H and O–H groups in total. The Hall–Kier alpha value is -2.70. The Morgan fingerprint density at radius 3 is 2.57 bits per heavy atom. The first-order valence-electron chi connectivity index (χ1n) is 8.93. The molecule has 0 amide bonds. The van der Waals surface area contributed by atoms with Crippen LogP contribution in [-0.2, 0) is 23.0 Å². The van der Waals surface area contributed by atoms with Crippen molar-refractivity contribution in [2.45, 2.75) is 30.8 Å². The SMILES string of the molecule is Cc1ccc(S(=O)(=O)O)c(CC2Cc3c(F)ccc(-c4ccccc4)c3O2)c1. The fourth-order valence-electron chi connectivity index (χ4n) is 3.69. The normalized spacial score (nSPS) is 15.9. The van der Waals surface area contributed by atoms with Crippen LogP contribution in [0.25, 0.3) is 11.1 Å². The lowest BCUT2D eigenvalue weighted by Crippen LogP contribution is -2.18. The Balaban J connectivity index is 1.69. The molecule has 1 unspecified atom stereocenters. The van der Waals surface area contributed by atoms with Crippen LogP contribution in [0.5, 0.6) is 5.75 Å². The quantitative estimate of drug-likeness (QED) is 0.653. The summed E-state index contributed by atoms with van der Waals surface area (Å²) in [5, 5.41) is 0. The van der Waals surface area contributed by atoms with Crippen LogP contribution in [0.2, 0.25) is 0 Å². The lowest BCUT2D eigenvalue weighted by molar-refractivity contribution is 0.233. The highest BCUT2D eigenvalue weighted by Gasteiger charge is 2.30. The van der Waals surface area contributed by atoms with Crippen LogP contribution >= 0.6 is 0 Å². The zero-order chi connectivity index (χ0) is 19.9. The van der Waals surface area contributed by atoms with Gasteiger partial charge in [-0.3, -0.25) is 4.55 Å². The van der Waals surface area contributed by atoms with E-state index in [1.807, 2.05) is 37.3 Å². The molecule has 1 heterocycles. The highest BCUT2D eigenvalue weighted by molar-refractivity contribution is 7.85. The molecule has 3 aromatic carbocycles. The summed E-state index contributed by atoms with van der Waals surface area (Å²) in [5.41, 5.74) is 3.55. The molecule has 0 saturated heterocycles. The molecule has 0 radical (unpaired) electrons. The highest BCUT2D eigenvalue weighted by atomic mass is 32.2. The number of ether oxygens (including phenoxy) is 1. The molecule has 0 fully saturated rings. The monoisotopic (exact) mass is 398 g/mol. The van der Waals surface area contributed by atoms with E-state index in [1.165, 1.54) is 12.1 Å². The summed E-state index contributed by atoms with van der Waals surface area (Å²) < 4.78 is 53.4. The van der Waals surface area contributed by atoms with Gasteiger partial charge in [0.05, 0.1) is 4.90 Å². The van der Waals surface area contributed by atoms with Crippen molar-refractivity contribution in [3.05, 3.63) is 83.2 Å². The summed E-state index contributed by atoms with van der Waals surface area (Å²) in [6, 6.07) is 17.4. The second-order valence-electron chi connectivity index (χ2n) is 7.00. The molecule has 0 spiro atoms. The maximum absolute atomic E-state index is 14.4. The topological polar surface area (TPSA) is 63.6 Å². The van der Waals surface area contributed by atoms with E-state index in [0.29, 0.717) is 23.3 Å². The minimum atomic E-state index is -4.35. The van der Waals surface area contributed by atoms with E-state index in [-0.39, 0.29) is 17.1 Å².